The van der Waals surface area contributed by atoms with E-state index in [-0.39, 0.29) is 12.1 Å². The van der Waals surface area contributed by atoms with Gasteiger partial charge in [-0.1, -0.05) is 6.42 Å². The van der Waals surface area contributed by atoms with Gasteiger partial charge in [0.2, 0.25) is 0 Å². The maximum absolute atomic E-state index is 10.9. The molecule has 2 rings (SSSR count). The standard InChI is InChI=1S/C10H17NO2/c1-7(12)13-10-5-6-11-9-4-2-3-8(9)10/h8-11H,2-6H2,1H3/t8-,9-,10-/m0/s1. The van der Waals surface area contributed by atoms with Crippen LogP contribution in [0.4, 0.5) is 0 Å². The third kappa shape index (κ3) is 1.85. The van der Waals surface area contributed by atoms with Gasteiger partial charge in [-0.25, -0.2) is 0 Å². The third-order valence-electron chi connectivity index (χ3n) is 3.20. The van der Waals surface area contributed by atoms with E-state index in [0.29, 0.717) is 12.0 Å². The number of piperidine rings is 1. The number of nitrogens with one attached hydrogen (secondary N) is 1. The molecule has 0 aromatic carbocycles. The van der Waals surface area contributed by atoms with E-state index in [2.05, 4.69) is 5.32 Å². The molecule has 0 aromatic rings. The zero-order valence-electron chi connectivity index (χ0n) is 8.08. The number of hydrogen-bond donors (Lipinski definition) is 1. The fourth-order valence-electron chi connectivity index (χ4n) is 2.67. The summed E-state index contributed by atoms with van der Waals surface area (Å²) in [5, 5.41) is 3.49. The number of carbonyl (C=O) groups excluding carboxylic acids is 1. The van der Waals surface area contributed by atoms with E-state index in [4.69, 9.17) is 4.74 Å². The molecular weight excluding hydrogens is 166 g/mol. The molecule has 2 aliphatic rings. The quantitative estimate of drug-likeness (QED) is 0.618. The van der Waals surface area contributed by atoms with E-state index >= 15 is 0 Å². The predicted molar refractivity (Wildman–Crippen MR) is 49.3 cm³/mol. The SMILES string of the molecule is CC(=O)O[C@H]1CCN[C@H]2CCC[C@@H]21. The molecule has 1 saturated heterocycles. The number of rotatable bonds is 1. The molecule has 0 unspecified atom stereocenters. The molecule has 1 N–H and O–H groups in total. The number of fused-ring (bicyclic) bond motifs is 1. The first-order chi connectivity index (χ1) is 6.27. The van der Waals surface area contributed by atoms with Crippen LogP contribution in [0.15, 0.2) is 0 Å². The van der Waals surface area contributed by atoms with Crippen molar-refractivity contribution in [2.45, 2.75) is 44.8 Å². The number of carbonyl (C=O) groups is 1. The normalized spacial score (nSPS) is 38.4. The van der Waals surface area contributed by atoms with Crippen molar-refractivity contribution in [1.29, 1.82) is 0 Å². The van der Waals surface area contributed by atoms with Crippen LogP contribution in [-0.4, -0.2) is 24.7 Å². The van der Waals surface area contributed by atoms with Gasteiger partial charge in [0, 0.05) is 18.9 Å². The van der Waals surface area contributed by atoms with Crippen LogP contribution in [0.3, 0.4) is 0 Å². The van der Waals surface area contributed by atoms with Crippen molar-refractivity contribution >= 4 is 5.97 Å². The van der Waals surface area contributed by atoms with Crippen LogP contribution in [0.25, 0.3) is 0 Å². The summed E-state index contributed by atoms with van der Waals surface area (Å²) in [7, 11) is 0. The lowest BCUT2D eigenvalue weighted by atomic mass is 9.91. The van der Waals surface area contributed by atoms with Crippen LogP contribution in [0, 0.1) is 5.92 Å². The molecule has 0 amide bonds. The molecule has 13 heavy (non-hydrogen) atoms. The van der Waals surface area contributed by atoms with Gasteiger partial charge in [0.25, 0.3) is 0 Å². The van der Waals surface area contributed by atoms with Crippen molar-refractivity contribution in [2.75, 3.05) is 6.54 Å². The van der Waals surface area contributed by atoms with E-state index in [1.165, 1.54) is 26.2 Å². The Kier molecular flexibility index (Phi) is 2.54. The van der Waals surface area contributed by atoms with Gasteiger partial charge < -0.3 is 10.1 Å². The second-order valence-electron chi connectivity index (χ2n) is 4.09. The molecule has 1 saturated carbocycles. The first kappa shape index (κ1) is 9.00. The summed E-state index contributed by atoms with van der Waals surface area (Å²) in [6.45, 7) is 2.51. The molecule has 1 heterocycles. The average Bonchev–Trinajstić information content (AvgIpc) is 2.51. The van der Waals surface area contributed by atoms with Crippen molar-refractivity contribution in [2.24, 2.45) is 5.92 Å². The minimum absolute atomic E-state index is 0.127. The molecule has 0 spiro atoms. The minimum Gasteiger partial charge on any atom is -0.462 e. The lowest BCUT2D eigenvalue weighted by Gasteiger charge is -2.33. The Morgan fingerprint density at radius 2 is 2.23 bits per heavy atom. The summed E-state index contributed by atoms with van der Waals surface area (Å²) in [6, 6.07) is 0.609. The second kappa shape index (κ2) is 3.66. The molecule has 1 aliphatic carbocycles. The van der Waals surface area contributed by atoms with E-state index in [1.54, 1.807) is 0 Å². The third-order valence-corrected chi connectivity index (χ3v) is 3.20. The van der Waals surface area contributed by atoms with Gasteiger partial charge in [-0.3, -0.25) is 4.79 Å². The van der Waals surface area contributed by atoms with Crippen molar-refractivity contribution < 1.29 is 9.53 Å². The number of esters is 1. The van der Waals surface area contributed by atoms with E-state index in [1.807, 2.05) is 0 Å². The minimum atomic E-state index is -0.127. The maximum atomic E-state index is 10.9. The van der Waals surface area contributed by atoms with Crippen LogP contribution in [-0.2, 0) is 9.53 Å². The molecular formula is C10H17NO2. The summed E-state index contributed by atoms with van der Waals surface area (Å²) in [6.07, 6.45) is 4.92. The topological polar surface area (TPSA) is 38.3 Å². The Bertz CT molecular complexity index is 205. The Hall–Kier alpha value is -0.570. The van der Waals surface area contributed by atoms with Gasteiger partial charge in [0.05, 0.1) is 0 Å². The summed E-state index contributed by atoms with van der Waals surface area (Å²) < 4.78 is 5.33. The highest BCUT2D eigenvalue weighted by Gasteiger charge is 2.37. The Balaban J connectivity index is 1.97. The highest BCUT2D eigenvalue weighted by atomic mass is 16.5. The Morgan fingerprint density at radius 3 is 3.00 bits per heavy atom. The van der Waals surface area contributed by atoms with Gasteiger partial charge in [0.1, 0.15) is 6.10 Å². The summed E-state index contributed by atoms with van der Waals surface area (Å²) in [4.78, 5) is 10.9. The van der Waals surface area contributed by atoms with Gasteiger partial charge >= 0.3 is 5.97 Å². The highest BCUT2D eigenvalue weighted by Crippen LogP contribution is 2.33. The molecule has 74 valence electrons. The van der Waals surface area contributed by atoms with E-state index < -0.39 is 0 Å². The smallest absolute Gasteiger partial charge is 0.302 e. The van der Waals surface area contributed by atoms with Crippen molar-refractivity contribution in [3.05, 3.63) is 0 Å². The first-order valence-corrected chi connectivity index (χ1v) is 5.18. The number of hydrogen-bond acceptors (Lipinski definition) is 3. The van der Waals surface area contributed by atoms with Gasteiger partial charge in [0.15, 0.2) is 0 Å². The van der Waals surface area contributed by atoms with Gasteiger partial charge in [-0.2, -0.15) is 0 Å². The zero-order chi connectivity index (χ0) is 9.26. The molecule has 3 nitrogen and oxygen atoms in total. The fraction of sp³-hybridized carbons (Fsp3) is 0.900. The van der Waals surface area contributed by atoms with Gasteiger partial charge in [-0.15, -0.1) is 0 Å². The summed E-state index contributed by atoms with van der Waals surface area (Å²) in [5.41, 5.74) is 0. The molecule has 1 aliphatic heterocycles. The van der Waals surface area contributed by atoms with E-state index in [0.717, 1.165) is 13.0 Å². The predicted octanol–water partition coefficient (Wildman–Crippen LogP) is 1.08. The van der Waals surface area contributed by atoms with E-state index in [9.17, 15) is 4.79 Å². The molecule has 3 atom stereocenters. The van der Waals surface area contributed by atoms with Crippen LogP contribution >= 0.6 is 0 Å². The fourth-order valence-corrected chi connectivity index (χ4v) is 2.67. The van der Waals surface area contributed by atoms with Crippen molar-refractivity contribution in [1.82, 2.24) is 5.32 Å². The maximum Gasteiger partial charge on any atom is 0.302 e. The highest BCUT2D eigenvalue weighted by molar-refractivity contribution is 5.66. The van der Waals surface area contributed by atoms with Crippen LogP contribution in [0.5, 0.6) is 0 Å². The van der Waals surface area contributed by atoms with Crippen LogP contribution in [0.1, 0.15) is 32.6 Å². The van der Waals surface area contributed by atoms with Crippen LogP contribution < -0.4 is 5.32 Å². The summed E-state index contributed by atoms with van der Waals surface area (Å²) in [5.74, 6) is 0.454. The average molecular weight is 183 g/mol. The Labute approximate surface area is 78.8 Å². The number of ether oxygens (including phenoxy) is 1. The Morgan fingerprint density at radius 1 is 1.38 bits per heavy atom. The van der Waals surface area contributed by atoms with Gasteiger partial charge in [-0.05, 0) is 25.8 Å². The molecule has 2 fully saturated rings. The van der Waals surface area contributed by atoms with Crippen LogP contribution in [0.2, 0.25) is 0 Å². The largest absolute Gasteiger partial charge is 0.462 e. The van der Waals surface area contributed by atoms with Crippen molar-refractivity contribution in [3.8, 4) is 0 Å². The monoisotopic (exact) mass is 183 g/mol. The summed E-state index contributed by atoms with van der Waals surface area (Å²) >= 11 is 0. The lowest BCUT2D eigenvalue weighted by molar-refractivity contribution is -0.150. The van der Waals surface area contributed by atoms with Crippen molar-refractivity contribution in [3.63, 3.8) is 0 Å². The first-order valence-electron chi connectivity index (χ1n) is 5.18. The molecule has 0 aromatic heterocycles. The zero-order valence-corrected chi connectivity index (χ0v) is 8.08. The lowest BCUT2D eigenvalue weighted by Crippen LogP contribution is -2.46. The molecule has 0 bridgehead atoms. The second-order valence-corrected chi connectivity index (χ2v) is 4.09. The molecule has 0 radical (unpaired) electrons. The molecule has 3 heteroatoms.